The van der Waals surface area contributed by atoms with Gasteiger partial charge in [-0.15, -0.1) is 0 Å². The Balaban J connectivity index is 4.74. The molecule has 0 saturated carbocycles. The van der Waals surface area contributed by atoms with E-state index in [9.17, 15) is 26.1 Å². The van der Waals surface area contributed by atoms with Gasteiger partial charge in [-0.3, -0.25) is 0 Å². The van der Waals surface area contributed by atoms with Crippen LogP contribution in [0.5, 0.6) is 0 Å². The van der Waals surface area contributed by atoms with Gasteiger partial charge in [0.15, 0.2) is 6.17 Å². The Hall–Kier alpha value is -0.300. The molecule has 0 bridgehead atoms. The summed E-state index contributed by atoms with van der Waals surface area (Å²) in [5, 5.41) is -4.80. The highest BCUT2D eigenvalue weighted by molar-refractivity contribution is 7.86. The van der Waals surface area contributed by atoms with Crippen LogP contribution in [0.2, 0.25) is 0 Å². The first-order valence-corrected chi connectivity index (χ1v) is 4.11. The Labute approximate surface area is 62.0 Å². The maximum Gasteiger partial charge on any atom is 0.402 e. The van der Waals surface area contributed by atoms with Gasteiger partial charge in [-0.2, -0.15) is 17.2 Å². The molecular weight excluding hydrogens is 185 g/mol. The van der Waals surface area contributed by atoms with Crippen molar-refractivity contribution in [2.24, 2.45) is 0 Å². The second-order valence-electron chi connectivity index (χ2n) is 1.89. The van der Waals surface area contributed by atoms with Gasteiger partial charge >= 0.3 is 15.4 Å². The average molecular weight is 191 g/mol. The van der Waals surface area contributed by atoms with Gasteiger partial charge in [-0.05, 0) is 6.42 Å². The van der Waals surface area contributed by atoms with E-state index in [0.717, 1.165) is 6.92 Å². The Morgan fingerprint density at radius 1 is 1.45 bits per heavy atom. The third-order valence-electron chi connectivity index (χ3n) is 1.06. The molecule has 0 aromatic heterocycles. The summed E-state index contributed by atoms with van der Waals surface area (Å²) >= 11 is 0. The quantitative estimate of drug-likeness (QED) is 0.670. The van der Waals surface area contributed by atoms with Crippen LogP contribution in [-0.2, 0) is 14.7 Å². The minimum absolute atomic E-state index is 0.714. The lowest BCUT2D eigenvalue weighted by atomic mass is 10.3. The summed E-state index contributed by atoms with van der Waals surface area (Å²) in [5.74, 6) is 0. The van der Waals surface area contributed by atoms with Crippen LogP contribution in [-0.4, -0.2) is 19.8 Å². The van der Waals surface area contributed by atoms with Crippen molar-refractivity contribution in [2.75, 3.05) is 0 Å². The fourth-order valence-electron chi connectivity index (χ4n) is 0.394. The fraction of sp³-hybridized carbons (Fsp3) is 1.00. The van der Waals surface area contributed by atoms with Gasteiger partial charge in [-0.1, -0.05) is 11.5 Å². The molecule has 1 unspecified atom stereocenters. The van der Waals surface area contributed by atoms with Gasteiger partial charge in [-0.25, -0.2) is 4.39 Å². The molecule has 7 heteroatoms. The van der Waals surface area contributed by atoms with E-state index >= 15 is 0 Å². The number of hydrogen-bond donors (Lipinski definition) is 0. The van der Waals surface area contributed by atoms with E-state index in [0.29, 0.717) is 0 Å². The molecule has 0 amide bonds. The normalized spacial score (nSPS) is 16.5. The van der Waals surface area contributed by atoms with Crippen molar-refractivity contribution in [1.29, 1.82) is 0 Å². The Bertz CT molecular complexity index is 223. The Kier molecular flexibility index (Phi) is 2.90. The topological polar surface area (TPSA) is 54.0 Å². The van der Waals surface area contributed by atoms with Gasteiger partial charge in [0.2, 0.25) is 0 Å². The van der Waals surface area contributed by atoms with Gasteiger partial charge in [0, 0.05) is 0 Å². The Morgan fingerprint density at radius 2 is 1.82 bits per heavy atom. The standard InChI is InChI=1S/C4H6F3O3S/c1-2-3(5)4(6,7)11(8,9)10/h3H,2H2,1H3. The second kappa shape index (κ2) is 2.98. The maximum absolute atomic E-state index is 12.1. The van der Waals surface area contributed by atoms with Crippen LogP contribution in [0.4, 0.5) is 13.2 Å². The van der Waals surface area contributed by atoms with E-state index in [-0.39, 0.29) is 0 Å². The molecule has 0 N–H and O–H groups in total. The van der Waals surface area contributed by atoms with E-state index in [2.05, 4.69) is 0 Å². The van der Waals surface area contributed by atoms with Crippen molar-refractivity contribution in [3.05, 3.63) is 0 Å². The van der Waals surface area contributed by atoms with Crippen LogP contribution >= 0.6 is 0 Å². The minimum Gasteiger partial charge on any atom is -0.239 e. The SMILES string of the molecule is CCC(F)C(F)(F)S([O])(=O)=O. The van der Waals surface area contributed by atoms with E-state index < -0.39 is 28.0 Å². The first kappa shape index (κ1) is 10.7. The zero-order chi connectivity index (χ0) is 9.28. The number of halogens is 3. The van der Waals surface area contributed by atoms with Crippen molar-refractivity contribution in [3.8, 4) is 0 Å². The van der Waals surface area contributed by atoms with Gasteiger partial charge in [0.1, 0.15) is 0 Å². The minimum atomic E-state index is -5.87. The molecule has 0 aliphatic carbocycles. The van der Waals surface area contributed by atoms with Gasteiger partial charge in [0.05, 0.1) is 0 Å². The smallest absolute Gasteiger partial charge is 0.239 e. The molecule has 3 nitrogen and oxygen atoms in total. The molecular formula is C4H6F3O3S. The molecule has 0 aliphatic rings. The number of rotatable bonds is 3. The van der Waals surface area contributed by atoms with Crippen LogP contribution in [0.1, 0.15) is 13.3 Å². The molecule has 0 aromatic carbocycles. The predicted octanol–water partition coefficient (Wildman–Crippen LogP) is 1.09. The van der Waals surface area contributed by atoms with Gasteiger partial charge < -0.3 is 0 Å². The van der Waals surface area contributed by atoms with E-state index in [4.69, 9.17) is 0 Å². The van der Waals surface area contributed by atoms with Crippen LogP contribution in [0.15, 0.2) is 0 Å². The maximum atomic E-state index is 12.1. The highest BCUT2D eigenvalue weighted by Crippen LogP contribution is 2.29. The molecule has 0 saturated heterocycles. The van der Waals surface area contributed by atoms with Crippen LogP contribution in [0.25, 0.3) is 0 Å². The monoisotopic (exact) mass is 191 g/mol. The van der Waals surface area contributed by atoms with Crippen molar-refractivity contribution >= 4 is 10.1 Å². The first-order valence-electron chi connectivity index (χ1n) is 2.70. The van der Waals surface area contributed by atoms with Crippen molar-refractivity contribution in [3.63, 3.8) is 0 Å². The highest BCUT2D eigenvalue weighted by atomic mass is 32.2. The average Bonchev–Trinajstić information content (AvgIpc) is 1.83. The number of alkyl halides is 3. The summed E-state index contributed by atoms with van der Waals surface area (Å²) < 4.78 is 65.3. The summed E-state index contributed by atoms with van der Waals surface area (Å²) in [6.07, 6.45) is -3.64. The lowest BCUT2D eigenvalue weighted by Gasteiger charge is -2.14. The van der Waals surface area contributed by atoms with Gasteiger partial charge in [0.25, 0.3) is 0 Å². The molecule has 11 heavy (non-hydrogen) atoms. The molecule has 67 valence electrons. The van der Waals surface area contributed by atoms with Crippen LogP contribution in [0.3, 0.4) is 0 Å². The molecule has 0 heterocycles. The zero-order valence-electron chi connectivity index (χ0n) is 5.55. The van der Waals surface area contributed by atoms with Crippen molar-refractivity contribution in [2.45, 2.75) is 24.8 Å². The molecule has 0 aromatic rings. The summed E-state index contributed by atoms with van der Waals surface area (Å²) in [5.41, 5.74) is 0. The number of hydrogen-bond acceptors (Lipinski definition) is 2. The summed E-state index contributed by atoms with van der Waals surface area (Å²) in [4.78, 5) is 0. The molecule has 0 aliphatic heterocycles. The molecule has 0 spiro atoms. The third kappa shape index (κ3) is 2.06. The summed E-state index contributed by atoms with van der Waals surface area (Å²) in [6.45, 7) is 1.02. The van der Waals surface area contributed by atoms with Crippen LogP contribution < -0.4 is 0 Å². The molecule has 0 fully saturated rings. The summed E-state index contributed by atoms with van der Waals surface area (Å²) in [7, 11) is -5.87. The fourth-order valence-corrected chi connectivity index (χ4v) is 0.874. The van der Waals surface area contributed by atoms with Crippen LogP contribution in [0, 0.1) is 0 Å². The van der Waals surface area contributed by atoms with E-state index in [1.807, 2.05) is 0 Å². The lowest BCUT2D eigenvalue weighted by molar-refractivity contribution is -0.00657. The van der Waals surface area contributed by atoms with E-state index in [1.54, 1.807) is 0 Å². The second-order valence-corrected chi connectivity index (χ2v) is 3.34. The molecule has 1 atom stereocenters. The third-order valence-corrected chi connectivity index (χ3v) is 1.98. The van der Waals surface area contributed by atoms with Crippen molar-refractivity contribution < 1.29 is 26.1 Å². The highest BCUT2D eigenvalue weighted by Gasteiger charge is 2.52. The molecule has 1 radical (unpaired) electrons. The summed E-state index contributed by atoms with van der Waals surface area (Å²) in [6, 6.07) is 0. The molecule has 0 rings (SSSR count). The predicted molar refractivity (Wildman–Crippen MR) is 29.7 cm³/mol. The largest absolute Gasteiger partial charge is 0.402 e. The zero-order valence-corrected chi connectivity index (χ0v) is 6.37. The van der Waals surface area contributed by atoms with Crippen molar-refractivity contribution in [1.82, 2.24) is 0 Å². The first-order chi connectivity index (χ1) is 4.73. The van der Waals surface area contributed by atoms with E-state index in [1.165, 1.54) is 0 Å². The lowest BCUT2D eigenvalue weighted by Crippen LogP contribution is -2.37. The Morgan fingerprint density at radius 3 is 1.91 bits per heavy atom.